The van der Waals surface area contributed by atoms with Crippen molar-refractivity contribution in [3.05, 3.63) is 85.1 Å². The number of nitro benzene ring substituents is 1. The lowest BCUT2D eigenvalue weighted by molar-refractivity contribution is -0.385. The zero-order valence-corrected chi connectivity index (χ0v) is 23.3. The van der Waals surface area contributed by atoms with Gasteiger partial charge in [0.2, 0.25) is 5.13 Å². The van der Waals surface area contributed by atoms with Gasteiger partial charge in [-0.2, -0.15) is 14.7 Å². The van der Waals surface area contributed by atoms with E-state index in [4.69, 9.17) is 42.9 Å². The van der Waals surface area contributed by atoms with Gasteiger partial charge in [-0.1, -0.05) is 65.7 Å². The van der Waals surface area contributed by atoms with Crippen molar-refractivity contribution >= 4 is 58.1 Å². The van der Waals surface area contributed by atoms with Gasteiger partial charge >= 0.3 is 6.15 Å². The predicted molar refractivity (Wildman–Crippen MR) is 146 cm³/mol. The molecular weight excluding hydrogens is 555 g/mol. The van der Waals surface area contributed by atoms with E-state index >= 15 is 0 Å². The molecule has 0 radical (unpaired) electrons. The number of nitro groups is 1. The Morgan fingerprint density at radius 3 is 2.49 bits per heavy atom. The van der Waals surface area contributed by atoms with E-state index in [1.165, 1.54) is 6.07 Å². The first-order valence-corrected chi connectivity index (χ1v) is 13.6. The largest absolute Gasteiger partial charge is 0.373 e. The van der Waals surface area contributed by atoms with Crippen molar-refractivity contribution < 1.29 is 14.5 Å². The molecule has 0 bridgehead atoms. The van der Waals surface area contributed by atoms with Crippen LogP contribution in [0.1, 0.15) is 35.9 Å². The number of carbonyl (C=O) groups excluding carboxylic acids is 2. The lowest BCUT2D eigenvalue weighted by Gasteiger charge is -2.04. The second-order valence-corrected chi connectivity index (χ2v) is 11.0. The van der Waals surface area contributed by atoms with E-state index in [1.807, 2.05) is 36.7 Å². The molecule has 192 valence electrons. The molecule has 0 aliphatic heterocycles. The minimum absolute atomic E-state index is 0.114. The second kappa shape index (κ2) is 13.0. The Kier molecular flexibility index (Phi) is 10.0. The molecule has 0 saturated heterocycles. The van der Waals surface area contributed by atoms with Gasteiger partial charge in [0.15, 0.2) is 0 Å². The number of aryl methyl sites for hydroxylation is 1. The van der Waals surface area contributed by atoms with Crippen LogP contribution < -0.4 is 0 Å². The van der Waals surface area contributed by atoms with Crippen LogP contribution in [-0.4, -0.2) is 31.6 Å². The van der Waals surface area contributed by atoms with E-state index < -0.39 is 0 Å². The summed E-state index contributed by atoms with van der Waals surface area (Å²) in [5, 5.41) is 18.0. The monoisotopic (exact) mass is 576 g/mol. The zero-order valence-electron chi connectivity index (χ0n) is 20.2. The Morgan fingerprint density at radius 1 is 1.14 bits per heavy atom. The van der Waals surface area contributed by atoms with E-state index in [0.717, 1.165) is 49.7 Å². The van der Waals surface area contributed by atoms with Crippen molar-refractivity contribution in [3.8, 4) is 16.4 Å². The molecule has 37 heavy (non-hydrogen) atoms. The Hall–Kier alpha value is -3.01. The molecule has 2 aromatic heterocycles. The van der Waals surface area contributed by atoms with Gasteiger partial charge in [0, 0.05) is 34.9 Å². The second-order valence-electron chi connectivity index (χ2n) is 7.82. The lowest BCUT2D eigenvalue weighted by Crippen LogP contribution is -2.00. The summed E-state index contributed by atoms with van der Waals surface area (Å²) in [6.07, 6.45) is 1.72. The van der Waals surface area contributed by atoms with Gasteiger partial charge in [-0.3, -0.25) is 10.1 Å². The van der Waals surface area contributed by atoms with Gasteiger partial charge in [0.05, 0.1) is 30.6 Å². The highest BCUT2D eigenvalue weighted by molar-refractivity contribution is 8.01. The first-order chi connectivity index (χ1) is 17.7. The molecule has 12 heteroatoms. The number of aromatic nitrogens is 3. The summed E-state index contributed by atoms with van der Waals surface area (Å²) in [5.74, 6) is 0.968. The molecule has 0 spiro atoms. The molecular formula is C25H22Cl2N4O4S2. The fourth-order valence-electron chi connectivity index (χ4n) is 3.65. The zero-order chi connectivity index (χ0) is 27.1. The number of nitrogens with zero attached hydrogens (tertiary/aromatic N) is 4. The smallest absolute Gasteiger partial charge is 0.258 e. The number of hydrogen-bond donors (Lipinski definition) is 0. The van der Waals surface area contributed by atoms with E-state index in [2.05, 4.69) is 6.92 Å². The van der Waals surface area contributed by atoms with E-state index in [1.54, 1.807) is 41.3 Å². The van der Waals surface area contributed by atoms with Gasteiger partial charge in [-0.25, -0.2) is 9.67 Å². The standard InChI is InChI=1S/C24H22Cl2N4O2S2.CO2/c1-4-11-33-23-22(17-9-10-19(25)20(26)13-17)27-24(34-23)29-15(3)18(14(2)28-29)12-16-7-5-6-8-21(16)30(31)32;2-1-3/h5-10,13H,4,11-12H2,1-3H3;. The fraction of sp³-hybridized carbons (Fsp3) is 0.240. The predicted octanol–water partition coefficient (Wildman–Crippen LogP) is 7.34. The van der Waals surface area contributed by atoms with Crippen molar-refractivity contribution in [2.75, 3.05) is 5.75 Å². The quantitative estimate of drug-likeness (QED) is 0.123. The van der Waals surface area contributed by atoms with E-state index in [9.17, 15) is 10.1 Å². The molecule has 0 aliphatic rings. The summed E-state index contributed by atoms with van der Waals surface area (Å²) >= 11 is 15.7. The molecule has 4 aromatic rings. The maximum absolute atomic E-state index is 11.5. The average Bonchev–Trinajstić information content (AvgIpc) is 3.41. The summed E-state index contributed by atoms with van der Waals surface area (Å²) < 4.78 is 2.92. The summed E-state index contributed by atoms with van der Waals surface area (Å²) in [5.41, 5.74) is 5.23. The van der Waals surface area contributed by atoms with Crippen molar-refractivity contribution in [1.82, 2.24) is 14.8 Å². The van der Waals surface area contributed by atoms with Gasteiger partial charge in [-0.05, 0) is 38.2 Å². The minimum atomic E-state index is -0.341. The van der Waals surface area contributed by atoms with Crippen LogP contribution in [0.5, 0.6) is 0 Å². The summed E-state index contributed by atoms with van der Waals surface area (Å²) in [7, 11) is 0. The third-order valence-corrected chi connectivity index (χ3v) is 8.63. The maximum atomic E-state index is 11.5. The number of para-hydroxylation sites is 1. The third-order valence-electron chi connectivity index (χ3n) is 5.39. The molecule has 0 aliphatic carbocycles. The van der Waals surface area contributed by atoms with Gasteiger partial charge < -0.3 is 0 Å². The Labute approximate surface area is 231 Å². The topological polar surface area (TPSA) is 108 Å². The number of halogens is 2. The van der Waals surface area contributed by atoms with Crippen LogP contribution in [0.25, 0.3) is 16.4 Å². The third kappa shape index (κ3) is 6.66. The highest BCUT2D eigenvalue weighted by Gasteiger charge is 2.22. The maximum Gasteiger partial charge on any atom is 0.373 e. The molecule has 0 saturated carbocycles. The normalized spacial score (nSPS) is 10.5. The lowest BCUT2D eigenvalue weighted by atomic mass is 10.0. The van der Waals surface area contributed by atoms with Crippen molar-refractivity contribution in [3.63, 3.8) is 0 Å². The highest BCUT2D eigenvalue weighted by Crippen LogP contribution is 2.40. The molecule has 2 heterocycles. The first kappa shape index (κ1) is 28.6. The van der Waals surface area contributed by atoms with Crippen molar-refractivity contribution in [1.29, 1.82) is 0 Å². The van der Waals surface area contributed by atoms with Crippen LogP contribution >= 0.6 is 46.3 Å². The molecule has 8 nitrogen and oxygen atoms in total. The SMILES string of the molecule is CCCSc1sc(-n2nc(C)c(Cc3ccccc3[N+](=O)[O-])c2C)nc1-c1ccc(Cl)c(Cl)c1.O=C=O. The molecule has 0 amide bonds. The molecule has 0 N–H and O–H groups in total. The molecule has 2 aromatic carbocycles. The summed E-state index contributed by atoms with van der Waals surface area (Å²) in [6, 6.07) is 12.4. The number of benzene rings is 2. The summed E-state index contributed by atoms with van der Waals surface area (Å²) in [4.78, 5) is 32.3. The fourth-order valence-corrected chi connectivity index (χ4v) is 6.17. The Balaban J connectivity index is 0.00000121. The number of thioether (sulfide) groups is 1. The van der Waals surface area contributed by atoms with Crippen LogP contribution in [0.4, 0.5) is 5.69 Å². The van der Waals surface area contributed by atoms with E-state index in [-0.39, 0.29) is 16.8 Å². The Bertz CT molecular complexity index is 1460. The van der Waals surface area contributed by atoms with Gasteiger partial charge in [0.1, 0.15) is 0 Å². The molecule has 0 fully saturated rings. The van der Waals surface area contributed by atoms with Crippen LogP contribution in [0.15, 0.2) is 46.7 Å². The van der Waals surface area contributed by atoms with E-state index in [0.29, 0.717) is 22.0 Å². The van der Waals surface area contributed by atoms with Crippen LogP contribution in [0.3, 0.4) is 0 Å². The van der Waals surface area contributed by atoms with Crippen LogP contribution in [-0.2, 0) is 16.0 Å². The number of rotatable bonds is 8. The van der Waals surface area contributed by atoms with Crippen molar-refractivity contribution in [2.45, 2.75) is 37.8 Å². The Morgan fingerprint density at radius 2 is 1.84 bits per heavy atom. The highest BCUT2D eigenvalue weighted by atomic mass is 35.5. The average molecular weight is 578 g/mol. The molecule has 0 unspecified atom stereocenters. The van der Waals surface area contributed by atoms with Crippen molar-refractivity contribution in [2.24, 2.45) is 0 Å². The summed E-state index contributed by atoms with van der Waals surface area (Å²) in [6.45, 7) is 6.04. The van der Waals surface area contributed by atoms with Crippen LogP contribution in [0, 0.1) is 24.0 Å². The molecule has 0 atom stereocenters. The first-order valence-electron chi connectivity index (χ1n) is 11.1. The van der Waals surface area contributed by atoms with Gasteiger partial charge in [0.25, 0.3) is 5.69 Å². The number of thiazole rings is 1. The van der Waals surface area contributed by atoms with Crippen LogP contribution in [0.2, 0.25) is 10.0 Å². The number of hydrogen-bond acceptors (Lipinski definition) is 8. The molecule has 4 rings (SSSR count). The van der Waals surface area contributed by atoms with Gasteiger partial charge in [-0.15, -0.1) is 11.8 Å². The minimum Gasteiger partial charge on any atom is -0.258 e.